The maximum atomic E-state index is 12.6. The van der Waals surface area contributed by atoms with Crippen LogP contribution >= 0.6 is 7.82 Å². The van der Waals surface area contributed by atoms with Gasteiger partial charge in [0.2, 0.25) is 11.8 Å². The number of furan rings is 1. The monoisotopic (exact) mass is 607 g/mol. The number of rotatable bonds is 9. The maximum Gasteiger partial charge on any atom is 0.471 e. The lowest BCUT2D eigenvalue weighted by molar-refractivity contribution is -0.125. The van der Waals surface area contributed by atoms with Crippen molar-refractivity contribution in [2.75, 3.05) is 45.0 Å². The van der Waals surface area contributed by atoms with Gasteiger partial charge in [-0.2, -0.15) is 0 Å². The molecule has 15 heteroatoms. The number of pyridine rings is 1. The summed E-state index contributed by atoms with van der Waals surface area (Å²) in [6.45, 7) is 2.64. The number of aryl methyl sites for hydroxylation is 2. The molecule has 3 heterocycles. The average Bonchev–Trinajstić information content (AvgIpc) is 3.29. The summed E-state index contributed by atoms with van der Waals surface area (Å²) >= 11 is 0. The van der Waals surface area contributed by atoms with Crippen molar-refractivity contribution in [1.29, 1.82) is 0 Å². The van der Waals surface area contributed by atoms with Crippen LogP contribution in [0.1, 0.15) is 28.9 Å². The summed E-state index contributed by atoms with van der Waals surface area (Å²) in [5.74, 6) is 0.452. The van der Waals surface area contributed by atoms with Crippen LogP contribution in [0.4, 0.5) is 5.82 Å². The molecule has 42 heavy (non-hydrogen) atoms. The van der Waals surface area contributed by atoms with Gasteiger partial charge in [0.15, 0.2) is 0 Å². The molecule has 230 valence electrons. The summed E-state index contributed by atoms with van der Waals surface area (Å²) in [7, 11) is -3.04. The van der Waals surface area contributed by atoms with Crippen molar-refractivity contribution in [3.05, 3.63) is 65.1 Å². The number of likely N-dealkylation sites (N-methyl/N-ethyl adjacent to an activating group) is 1. The molecule has 2 aromatic heterocycles. The third-order valence-corrected chi connectivity index (χ3v) is 6.31. The highest BCUT2D eigenvalue weighted by Gasteiger charge is 2.28. The molecule has 8 N–H and O–H groups in total. The van der Waals surface area contributed by atoms with E-state index in [1.807, 2.05) is 31.2 Å². The van der Waals surface area contributed by atoms with Gasteiger partial charge in [-0.25, -0.2) is 9.55 Å². The minimum atomic E-state index is -4.73. The number of nitrogens with two attached hydrogens (primary N) is 2. The number of aliphatic hydroxyl groups is 2. The number of carbonyl (C=O) groups excluding carboxylic acids is 2. The van der Waals surface area contributed by atoms with E-state index in [9.17, 15) is 14.2 Å². The van der Waals surface area contributed by atoms with Crippen LogP contribution in [-0.4, -0.2) is 81.8 Å². The topological polar surface area (TPSA) is 226 Å². The number of fused-ring (bicyclic) bond motifs is 2. The van der Waals surface area contributed by atoms with Crippen molar-refractivity contribution in [3.63, 3.8) is 0 Å². The number of anilines is 1. The zero-order valence-corrected chi connectivity index (χ0v) is 24.4. The van der Waals surface area contributed by atoms with Gasteiger partial charge in [0.25, 0.3) is 0 Å². The van der Waals surface area contributed by atoms with Gasteiger partial charge in [0.1, 0.15) is 23.9 Å². The second-order valence-electron chi connectivity index (χ2n) is 9.02. The quantitative estimate of drug-likeness (QED) is 0.148. The van der Waals surface area contributed by atoms with Crippen molar-refractivity contribution < 1.29 is 43.1 Å². The number of nitrogens with zero attached hydrogens (tertiary/aromatic N) is 3. The van der Waals surface area contributed by atoms with E-state index in [2.05, 4.69) is 9.51 Å². The Morgan fingerprint density at radius 3 is 2.43 bits per heavy atom. The molecule has 0 fully saturated rings. The highest BCUT2D eigenvalue weighted by Crippen LogP contribution is 2.37. The molecule has 0 saturated heterocycles. The molecule has 0 bridgehead atoms. The van der Waals surface area contributed by atoms with Crippen LogP contribution in [0.15, 0.2) is 47.0 Å². The summed E-state index contributed by atoms with van der Waals surface area (Å²) in [4.78, 5) is 49.5. The standard InChI is InChI=1S/C23H24N3O7P.2C2H7NO/c1-15-18-5-3-4-6-19(18)33-20(15)13-25(2)21(27)9-7-16-11-17-8-10-22(28)26(23(17)24-12-16)14-32-34(29,30)31;2*3-1-2-4/h3-7,9,11-12H,8,10,13-14H2,1-2H3,(H2,29,30,31);2*4H,1-3H2/b9-7+;;. The number of para-hydroxylation sites is 1. The first-order valence-electron chi connectivity index (χ1n) is 13.0. The van der Waals surface area contributed by atoms with E-state index in [1.54, 1.807) is 24.1 Å². The van der Waals surface area contributed by atoms with Gasteiger partial charge in [-0.05, 0) is 42.7 Å². The first-order valence-corrected chi connectivity index (χ1v) is 14.5. The van der Waals surface area contributed by atoms with Gasteiger partial charge in [0.05, 0.1) is 19.8 Å². The van der Waals surface area contributed by atoms with E-state index in [-0.39, 0.29) is 37.3 Å². The van der Waals surface area contributed by atoms with E-state index < -0.39 is 14.6 Å². The Morgan fingerprint density at radius 2 is 1.83 bits per heavy atom. The third-order valence-electron chi connectivity index (χ3n) is 5.86. The maximum absolute atomic E-state index is 12.6. The Labute approximate surface area is 243 Å². The largest absolute Gasteiger partial charge is 0.471 e. The van der Waals surface area contributed by atoms with Crippen LogP contribution in [-0.2, 0) is 31.6 Å². The van der Waals surface area contributed by atoms with Gasteiger partial charge in [-0.15, -0.1) is 0 Å². The fourth-order valence-electron chi connectivity index (χ4n) is 3.76. The molecule has 4 rings (SSSR count). The van der Waals surface area contributed by atoms with E-state index >= 15 is 0 Å². The predicted octanol–water partition coefficient (Wildman–Crippen LogP) is 1.03. The molecule has 3 aromatic rings. The lowest BCUT2D eigenvalue weighted by Gasteiger charge is -2.28. The molecular formula is C27H38N5O9P. The number of aliphatic hydroxyl groups excluding tert-OH is 2. The lowest BCUT2D eigenvalue weighted by atomic mass is 10.0. The Hall–Kier alpha value is -3.46. The number of phosphoric acid groups is 1. The van der Waals surface area contributed by atoms with Crippen LogP contribution < -0.4 is 16.4 Å². The fourth-order valence-corrected chi connectivity index (χ4v) is 4.03. The van der Waals surface area contributed by atoms with Gasteiger partial charge >= 0.3 is 7.82 Å². The van der Waals surface area contributed by atoms with Crippen molar-refractivity contribution in [2.24, 2.45) is 11.5 Å². The Bertz CT molecular complexity index is 1400. The van der Waals surface area contributed by atoms with Gasteiger partial charge < -0.3 is 40.8 Å². The number of hydrogen-bond acceptors (Lipinski definition) is 10. The van der Waals surface area contributed by atoms with Crippen molar-refractivity contribution in [1.82, 2.24) is 9.88 Å². The van der Waals surface area contributed by atoms with Gasteiger partial charge in [-0.1, -0.05) is 18.2 Å². The molecule has 14 nitrogen and oxygen atoms in total. The van der Waals surface area contributed by atoms with Gasteiger partial charge in [0, 0.05) is 49.8 Å². The molecule has 1 aliphatic rings. The minimum absolute atomic E-state index is 0.0972. The van der Waals surface area contributed by atoms with E-state index in [0.717, 1.165) is 32.8 Å². The molecule has 0 unspecified atom stereocenters. The molecule has 0 atom stereocenters. The smallest absolute Gasteiger partial charge is 0.459 e. The van der Waals surface area contributed by atoms with E-state index in [1.165, 1.54) is 12.3 Å². The number of carbonyl (C=O) groups is 2. The Balaban J connectivity index is 0.000000686. The van der Waals surface area contributed by atoms with E-state index in [0.29, 0.717) is 31.6 Å². The van der Waals surface area contributed by atoms with E-state index in [4.69, 9.17) is 35.9 Å². The van der Waals surface area contributed by atoms with Crippen LogP contribution in [0, 0.1) is 6.92 Å². The zero-order valence-electron chi connectivity index (χ0n) is 23.5. The van der Waals surface area contributed by atoms with Crippen LogP contribution in [0.5, 0.6) is 0 Å². The minimum Gasteiger partial charge on any atom is -0.459 e. The molecule has 1 aromatic carbocycles. The zero-order chi connectivity index (χ0) is 31.3. The van der Waals surface area contributed by atoms with Crippen LogP contribution in [0.25, 0.3) is 17.0 Å². The highest BCUT2D eigenvalue weighted by molar-refractivity contribution is 7.46. The fraction of sp³-hybridized carbons (Fsp3) is 0.370. The van der Waals surface area contributed by atoms with Crippen LogP contribution in [0.3, 0.4) is 0 Å². The molecular weight excluding hydrogens is 569 g/mol. The second kappa shape index (κ2) is 16.9. The molecule has 0 saturated carbocycles. The number of hydrogen-bond donors (Lipinski definition) is 6. The number of amides is 2. The SMILES string of the molecule is Cc1c(CN(C)C(=O)/C=C/c2cnc3c(c2)CCC(=O)N3COP(=O)(O)O)oc2ccccc12.NCCO.NCCO. The number of phosphoric ester groups is 1. The predicted molar refractivity (Wildman–Crippen MR) is 157 cm³/mol. The Kier molecular flexibility index (Phi) is 13.9. The average molecular weight is 608 g/mol. The number of aromatic nitrogens is 1. The first-order chi connectivity index (χ1) is 19.9. The molecule has 1 aliphatic heterocycles. The second-order valence-corrected chi connectivity index (χ2v) is 10.3. The lowest BCUT2D eigenvalue weighted by Crippen LogP contribution is -2.37. The molecule has 0 radical (unpaired) electrons. The summed E-state index contributed by atoms with van der Waals surface area (Å²) in [6.07, 6.45) is 5.13. The van der Waals surface area contributed by atoms with Crippen LogP contribution in [0.2, 0.25) is 0 Å². The summed E-state index contributed by atoms with van der Waals surface area (Å²) in [5, 5.41) is 16.5. The normalized spacial score (nSPS) is 12.9. The highest BCUT2D eigenvalue weighted by atomic mass is 31.2. The number of benzene rings is 1. The summed E-state index contributed by atoms with van der Waals surface area (Å²) in [6, 6.07) is 9.50. The Morgan fingerprint density at radius 1 is 1.19 bits per heavy atom. The molecule has 0 aliphatic carbocycles. The summed E-state index contributed by atoms with van der Waals surface area (Å²) in [5.41, 5.74) is 12.7. The van der Waals surface area contributed by atoms with Gasteiger partial charge in [-0.3, -0.25) is 19.0 Å². The van der Waals surface area contributed by atoms with Crippen molar-refractivity contribution in [3.8, 4) is 0 Å². The third kappa shape index (κ3) is 10.4. The molecule has 0 spiro atoms. The van der Waals surface area contributed by atoms with Crippen molar-refractivity contribution >= 4 is 42.5 Å². The molecule has 2 amide bonds. The first kappa shape index (κ1) is 34.7. The summed E-state index contributed by atoms with van der Waals surface area (Å²) < 4.78 is 21.3. The van der Waals surface area contributed by atoms with Crippen molar-refractivity contribution in [2.45, 2.75) is 26.3 Å².